The summed E-state index contributed by atoms with van der Waals surface area (Å²) in [4.78, 5) is 32.1. The zero-order valence-corrected chi connectivity index (χ0v) is 16.9. The zero-order chi connectivity index (χ0) is 21.5. The van der Waals surface area contributed by atoms with Gasteiger partial charge < -0.3 is 0 Å². The monoisotopic (exact) mass is 410 g/mol. The molecule has 4 aromatic rings. The summed E-state index contributed by atoms with van der Waals surface area (Å²) in [5.41, 5.74) is 3.91. The Kier molecular flexibility index (Phi) is 4.59. The van der Waals surface area contributed by atoms with Crippen molar-refractivity contribution in [2.45, 2.75) is 19.4 Å². The zero-order valence-electron chi connectivity index (χ0n) is 16.9. The molecule has 1 aliphatic heterocycles. The second-order valence-corrected chi connectivity index (χ2v) is 7.73. The lowest BCUT2D eigenvalue weighted by molar-refractivity contribution is 0.0594. The predicted molar refractivity (Wildman–Crippen MR) is 116 cm³/mol. The highest BCUT2D eigenvalue weighted by Crippen LogP contribution is 2.34. The Morgan fingerprint density at radius 1 is 0.871 bits per heavy atom. The topological polar surface area (TPSA) is 50.3 Å². The molecule has 0 fully saturated rings. The van der Waals surface area contributed by atoms with Crippen molar-refractivity contribution < 1.29 is 14.0 Å². The Morgan fingerprint density at radius 3 is 2.19 bits per heavy atom. The van der Waals surface area contributed by atoms with E-state index in [4.69, 9.17) is 4.98 Å². The first-order valence-electron chi connectivity index (χ1n) is 10.1. The van der Waals surface area contributed by atoms with Crippen LogP contribution in [0.15, 0.2) is 78.9 Å². The van der Waals surface area contributed by atoms with Gasteiger partial charge in [0.05, 0.1) is 28.4 Å². The van der Waals surface area contributed by atoms with E-state index in [2.05, 4.69) is 0 Å². The molecule has 152 valence electrons. The van der Waals surface area contributed by atoms with Gasteiger partial charge in [-0.3, -0.25) is 19.5 Å². The molecular formula is C26H19FN2O2. The molecule has 2 amide bonds. The third-order valence-electron chi connectivity index (χ3n) is 5.77. The van der Waals surface area contributed by atoms with Gasteiger partial charge in [0.1, 0.15) is 5.82 Å². The summed E-state index contributed by atoms with van der Waals surface area (Å²) in [5, 5.41) is 0.761. The largest absolute Gasteiger partial charge is 0.269 e. The van der Waals surface area contributed by atoms with E-state index in [1.54, 1.807) is 30.3 Å². The van der Waals surface area contributed by atoms with Gasteiger partial charge in [0.15, 0.2) is 0 Å². The van der Waals surface area contributed by atoms with Gasteiger partial charge in [0.2, 0.25) is 0 Å². The highest BCUT2D eigenvalue weighted by Gasteiger charge is 2.39. The van der Waals surface area contributed by atoms with Gasteiger partial charge in [-0.05, 0) is 48.4 Å². The summed E-state index contributed by atoms with van der Waals surface area (Å²) in [6, 6.07) is 22.5. The number of nitrogens with zero attached hydrogens (tertiary/aromatic N) is 2. The van der Waals surface area contributed by atoms with Crippen LogP contribution in [0.2, 0.25) is 0 Å². The standard InChI is InChI=1S/C26H19FN2O2/c1-16(29-25(30)20-9-5-6-10-21(20)26(29)31)22-14-18-11-12-19(27)15-23(18)28-24(22)13-17-7-3-2-4-8-17/h2-12,14-16H,13H2,1H3. The summed E-state index contributed by atoms with van der Waals surface area (Å²) in [5.74, 6) is -0.970. The van der Waals surface area contributed by atoms with Crippen LogP contribution in [0.25, 0.3) is 10.9 Å². The fourth-order valence-corrected chi connectivity index (χ4v) is 4.19. The predicted octanol–water partition coefficient (Wildman–Crippen LogP) is 5.32. The molecule has 0 aliphatic carbocycles. The molecule has 0 radical (unpaired) electrons. The lowest BCUT2D eigenvalue weighted by atomic mass is 9.97. The van der Waals surface area contributed by atoms with E-state index >= 15 is 0 Å². The Labute approximate surface area is 179 Å². The minimum absolute atomic E-state index is 0.307. The summed E-state index contributed by atoms with van der Waals surface area (Å²) in [6.07, 6.45) is 0.510. The smallest absolute Gasteiger partial charge is 0.262 e. The van der Waals surface area contributed by atoms with Crippen molar-refractivity contribution in [2.75, 3.05) is 0 Å². The average Bonchev–Trinajstić information content (AvgIpc) is 3.04. The number of pyridine rings is 1. The first kappa shape index (κ1) is 19.1. The highest BCUT2D eigenvalue weighted by atomic mass is 19.1. The maximum absolute atomic E-state index is 13.8. The van der Waals surface area contributed by atoms with Crippen LogP contribution in [-0.4, -0.2) is 21.7 Å². The number of rotatable bonds is 4. The molecule has 0 bridgehead atoms. The van der Waals surface area contributed by atoms with Crippen molar-refractivity contribution in [3.8, 4) is 0 Å². The van der Waals surface area contributed by atoms with Crippen LogP contribution in [0.1, 0.15) is 50.5 Å². The second kappa shape index (κ2) is 7.43. The Bertz CT molecular complexity index is 1300. The van der Waals surface area contributed by atoms with Gasteiger partial charge in [-0.15, -0.1) is 0 Å². The van der Waals surface area contributed by atoms with E-state index in [1.165, 1.54) is 17.0 Å². The van der Waals surface area contributed by atoms with Crippen molar-refractivity contribution in [3.63, 3.8) is 0 Å². The number of halogens is 1. The number of benzene rings is 3. The van der Waals surface area contributed by atoms with Crippen LogP contribution in [0.5, 0.6) is 0 Å². The molecule has 1 unspecified atom stereocenters. The molecule has 2 heterocycles. The second-order valence-electron chi connectivity index (χ2n) is 7.73. The third kappa shape index (κ3) is 3.28. The molecule has 3 aromatic carbocycles. The summed E-state index contributed by atoms with van der Waals surface area (Å²) < 4.78 is 13.8. The SMILES string of the molecule is CC(c1cc2ccc(F)cc2nc1Cc1ccccc1)N1C(=O)c2ccccc2C1=O. The number of hydrogen-bond acceptors (Lipinski definition) is 3. The summed E-state index contributed by atoms with van der Waals surface area (Å²) in [6.45, 7) is 1.84. The number of aromatic nitrogens is 1. The van der Waals surface area contributed by atoms with Gasteiger partial charge in [-0.25, -0.2) is 4.39 Å². The van der Waals surface area contributed by atoms with Crippen molar-refractivity contribution >= 4 is 22.7 Å². The molecule has 0 spiro atoms. The summed E-state index contributed by atoms with van der Waals surface area (Å²) >= 11 is 0. The first-order chi connectivity index (χ1) is 15.0. The maximum atomic E-state index is 13.8. The van der Waals surface area contributed by atoms with E-state index in [-0.39, 0.29) is 17.6 Å². The number of hydrogen-bond donors (Lipinski definition) is 0. The van der Waals surface area contributed by atoms with Gasteiger partial charge in [0.25, 0.3) is 11.8 Å². The molecule has 5 heteroatoms. The van der Waals surface area contributed by atoms with Crippen molar-refractivity contribution in [2.24, 2.45) is 0 Å². The van der Waals surface area contributed by atoms with E-state index in [0.717, 1.165) is 16.5 Å². The Balaban J connectivity index is 1.63. The maximum Gasteiger partial charge on any atom is 0.262 e. The quantitative estimate of drug-likeness (QED) is 0.428. The average molecular weight is 410 g/mol. The molecule has 1 aliphatic rings. The molecule has 0 saturated carbocycles. The first-order valence-corrected chi connectivity index (χ1v) is 10.1. The van der Waals surface area contributed by atoms with Crippen LogP contribution in [0.4, 0.5) is 4.39 Å². The van der Waals surface area contributed by atoms with E-state index in [1.807, 2.05) is 43.3 Å². The van der Waals surface area contributed by atoms with Gasteiger partial charge in [0, 0.05) is 17.9 Å². The lowest BCUT2D eigenvalue weighted by Gasteiger charge is -2.25. The van der Waals surface area contributed by atoms with Crippen LogP contribution in [-0.2, 0) is 6.42 Å². The molecule has 1 atom stereocenters. The fourth-order valence-electron chi connectivity index (χ4n) is 4.19. The molecule has 31 heavy (non-hydrogen) atoms. The molecule has 0 N–H and O–H groups in total. The van der Waals surface area contributed by atoms with E-state index in [9.17, 15) is 14.0 Å². The number of imide groups is 1. The molecule has 4 nitrogen and oxygen atoms in total. The third-order valence-corrected chi connectivity index (χ3v) is 5.77. The van der Waals surface area contributed by atoms with Gasteiger partial charge >= 0.3 is 0 Å². The molecule has 5 rings (SSSR count). The molecule has 0 saturated heterocycles. The van der Waals surface area contributed by atoms with Crippen molar-refractivity contribution in [1.82, 2.24) is 9.88 Å². The van der Waals surface area contributed by atoms with Crippen molar-refractivity contribution in [1.29, 1.82) is 0 Å². The minimum Gasteiger partial charge on any atom is -0.269 e. The van der Waals surface area contributed by atoms with Gasteiger partial charge in [-0.1, -0.05) is 42.5 Å². The fraction of sp³-hybridized carbons (Fsp3) is 0.115. The van der Waals surface area contributed by atoms with Gasteiger partial charge in [-0.2, -0.15) is 0 Å². The number of carbonyl (C=O) groups excluding carboxylic acids is 2. The minimum atomic E-state index is -0.520. The van der Waals surface area contributed by atoms with Crippen LogP contribution in [0.3, 0.4) is 0 Å². The van der Waals surface area contributed by atoms with E-state index in [0.29, 0.717) is 28.8 Å². The van der Waals surface area contributed by atoms with Crippen molar-refractivity contribution in [3.05, 3.63) is 113 Å². The molecule has 1 aromatic heterocycles. The highest BCUT2D eigenvalue weighted by molar-refractivity contribution is 6.21. The number of carbonyl (C=O) groups is 2. The van der Waals surface area contributed by atoms with Crippen LogP contribution < -0.4 is 0 Å². The van der Waals surface area contributed by atoms with Crippen LogP contribution >= 0.6 is 0 Å². The summed E-state index contributed by atoms with van der Waals surface area (Å²) in [7, 11) is 0. The number of fused-ring (bicyclic) bond motifs is 2. The molecular weight excluding hydrogens is 391 g/mol. The van der Waals surface area contributed by atoms with Crippen LogP contribution in [0, 0.1) is 5.82 Å². The Morgan fingerprint density at radius 2 is 1.52 bits per heavy atom. The normalized spacial score (nSPS) is 14.2. The number of amides is 2. The van der Waals surface area contributed by atoms with E-state index < -0.39 is 6.04 Å². The lowest BCUT2D eigenvalue weighted by Crippen LogP contribution is -2.33. The Hall–Kier alpha value is -3.86.